The lowest BCUT2D eigenvalue weighted by Crippen LogP contribution is -2.15. The molecule has 3 nitrogen and oxygen atoms in total. The molecule has 3 heteroatoms. The van der Waals surface area contributed by atoms with Crippen molar-refractivity contribution in [3.63, 3.8) is 0 Å². The van der Waals surface area contributed by atoms with E-state index in [1.54, 1.807) is 0 Å². The van der Waals surface area contributed by atoms with Crippen LogP contribution in [-0.4, -0.2) is 11.2 Å². The highest BCUT2D eigenvalue weighted by atomic mass is 16.5. The lowest BCUT2D eigenvalue weighted by molar-refractivity contribution is 0.0691. The van der Waals surface area contributed by atoms with Gasteiger partial charge < -0.3 is 15.0 Å². The highest BCUT2D eigenvalue weighted by Gasteiger charge is 2.22. The van der Waals surface area contributed by atoms with Gasteiger partial charge in [0.05, 0.1) is 6.61 Å². The topological polar surface area (TPSA) is 40.2 Å². The van der Waals surface area contributed by atoms with Crippen molar-refractivity contribution in [1.82, 2.24) is 4.57 Å². The molecule has 1 saturated carbocycles. The third-order valence-electron chi connectivity index (χ3n) is 3.65. The number of aromatic nitrogens is 1. The number of aryl methyl sites for hydroxylation is 1. The van der Waals surface area contributed by atoms with Gasteiger partial charge in [-0.3, -0.25) is 0 Å². The summed E-state index contributed by atoms with van der Waals surface area (Å²) >= 11 is 0. The van der Waals surface area contributed by atoms with Gasteiger partial charge in [0, 0.05) is 18.4 Å². The minimum atomic E-state index is 0.244. The first kappa shape index (κ1) is 10.4. The van der Waals surface area contributed by atoms with E-state index in [1.165, 1.54) is 36.8 Å². The van der Waals surface area contributed by atoms with Gasteiger partial charge in [-0.05, 0) is 49.1 Å². The van der Waals surface area contributed by atoms with Gasteiger partial charge in [0.15, 0.2) is 0 Å². The van der Waals surface area contributed by atoms with Gasteiger partial charge in [-0.25, -0.2) is 0 Å². The molecule has 0 amide bonds. The van der Waals surface area contributed by atoms with E-state index < -0.39 is 0 Å². The van der Waals surface area contributed by atoms with E-state index in [1.807, 2.05) is 0 Å². The average molecular weight is 220 g/mol. The third kappa shape index (κ3) is 2.15. The van der Waals surface area contributed by atoms with Gasteiger partial charge >= 0.3 is 0 Å². The zero-order valence-electron chi connectivity index (χ0n) is 9.69. The van der Waals surface area contributed by atoms with Gasteiger partial charge in [-0.15, -0.1) is 0 Å². The fourth-order valence-electron chi connectivity index (χ4n) is 2.47. The molecule has 16 heavy (non-hydrogen) atoms. The van der Waals surface area contributed by atoms with Crippen LogP contribution in [0.1, 0.15) is 42.9 Å². The number of nitrogens with zero attached hydrogens (tertiary/aromatic N) is 1. The molecule has 2 N–H and O–H groups in total. The summed E-state index contributed by atoms with van der Waals surface area (Å²) in [5.41, 5.74) is 8.85. The quantitative estimate of drug-likeness (QED) is 0.845. The Bertz CT molecular complexity index is 368. The molecular weight excluding hydrogens is 200 g/mol. The lowest BCUT2D eigenvalue weighted by Gasteiger charge is -2.17. The molecule has 0 aromatic carbocycles. The minimum Gasteiger partial charge on any atom is -0.361 e. The maximum Gasteiger partial charge on any atom is 0.122 e. The van der Waals surface area contributed by atoms with Gasteiger partial charge in [0.25, 0.3) is 0 Å². The normalized spacial score (nSPS) is 24.4. The Hall–Kier alpha value is -0.800. The van der Waals surface area contributed by atoms with Crippen LogP contribution in [0.4, 0.5) is 0 Å². The van der Waals surface area contributed by atoms with Crippen LogP contribution in [0.3, 0.4) is 0 Å². The number of hydrogen-bond donors (Lipinski definition) is 1. The molecule has 1 fully saturated rings. The van der Waals surface area contributed by atoms with E-state index in [4.69, 9.17) is 10.5 Å². The molecule has 1 aromatic rings. The van der Waals surface area contributed by atoms with Gasteiger partial charge in [-0.2, -0.15) is 0 Å². The second-order valence-electron chi connectivity index (χ2n) is 5.19. The Morgan fingerprint density at radius 2 is 2.19 bits per heavy atom. The molecule has 0 bridgehead atoms. The van der Waals surface area contributed by atoms with E-state index in [-0.39, 0.29) is 6.04 Å². The third-order valence-corrected chi connectivity index (χ3v) is 3.65. The molecule has 0 saturated heterocycles. The van der Waals surface area contributed by atoms with Crippen LogP contribution in [0.15, 0.2) is 12.4 Å². The molecule has 1 atom stereocenters. The largest absolute Gasteiger partial charge is 0.361 e. The van der Waals surface area contributed by atoms with Crippen LogP contribution >= 0.6 is 0 Å². The number of ether oxygens (including phenoxy) is 1. The number of rotatable bonds is 4. The summed E-state index contributed by atoms with van der Waals surface area (Å²) in [6.07, 6.45) is 10.6. The van der Waals surface area contributed by atoms with Crippen LogP contribution in [-0.2, 0) is 17.9 Å². The number of hydrogen-bond acceptors (Lipinski definition) is 2. The SMILES string of the molecule is NC1CCCc2cn(COCC3CC3)cc21. The molecule has 0 aliphatic heterocycles. The monoisotopic (exact) mass is 220 g/mol. The van der Waals surface area contributed by atoms with E-state index in [0.29, 0.717) is 6.73 Å². The summed E-state index contributed by atoms with van der Waals surface area (Å²) in [6.45, 7) is 1.62. The zero-order chi connectivity index (χ0) is 11.0. The van der Waals surface area contributed by atoms with Crippen molar-refractivity contribution in [3.05, 3.63) is 23.5 Å². The first-order valence-corrected chi connectivity index (χ1v) is 6.35. The number of fused-ring (bicyclic) bond motifs is 1. The molecule has 2 aliphatic rings. The average Bonchev–Trinajstić information content (AvgIpc) is 2.98. The Morgan fingerprint density at radius 3 is 2.94 bits per heavy atom. The Morgan fingerprint density at radius 1 is 1.31 bits per heavy atom. The van der Waals surface area contributed by atoms with Crippen molar-refractivity contribution in [2.75, 3.05) is 6.61 Å². The zero-order valence-corrected chi connectivity index (χ0v) is 9.69. The summed E-state index contributed by atoms with van der Waals surface area (Å²) in [6, 6.07) is 0.244. The summed E-state index contributed by atoms with van der Waals surface area (Å²) in [7, 11) is 0. The van der Waals surface area contributed by atoms with Crippen molar-refractivity contribution in [3.8, 4) is 0 Å². The standard InChI is InChI=1S/C13H20N2O/c14-13-3-1-2-11-6-15(7-12(11)13)9-16-8-10-4-5-10/h6-7,10,13H,1-5,8-9,14H2. The number of nitrogens with two attached hydrogens (primary N) is 1. The van der Waals surface area contributed by atoms with Crippen LogP contribution in [0.2, 0.25) is 0 Å². The maximum atomic E-state index is 6.09. The Labute approximate surface area is 96.6 Å². The second-order valence-corrected chi connectivity index (χ2v) is 5.19. The van der Waals surface area contributed by atoms with E-state index in [2.05, 4.69) is 17.0 Å². The minimum absolute atomic E-state index is 0.244. The van der Waals surface area contributed by atoms with Crippen LogP contribution in [0.25, 0.3) is 0 Å². The van der Waals surface area contributed by atoms with Crippen molar-refractivity contribution in [1.29, 1.82) is 0 Å². The van der Waals surface area contributed by atoms with Crippen molar-refractivity contribution in [2.45, 2.75) is 44.9 Å². The summed E-state index contributed by atoms with van der Waals surface area (Å²) in [5, 5.41) is 0. The summed E-state index contributed by atoms with van der Waals surface area (Å²) in [5.74, 6) is 0.840. The summed E-state index contributed by atoms with van der Waals surface area (Å²) in [4.78, 5) is 0. The smallest absolute Gasteiger partial charge is 0.122 e. The summed E-state index contributed by atoms with van der Waals surface area (Å²) < 4.78 is 7.83. The molecule has 88 valence electrons. The van der Waals surface area contributed by atoms with Gasteiger partial charge in [-0.1, -0.05) is 0 Å². The molecule has 0 radical (unpaired) electrons. The van der Waals surface area contributed by atoms with Crippen molar-refractivity contribution >= 4 is 0 Å². The van der Waals surface area contributed by atoms with Crippen LogP contribution < -0.4 is 5.73 Å². The van der Waals surface area contributed by atoms with Crippen molar-refractivity contribution < 1.29 is 4.74 Å². The fourth-order valence-corrected chi connectivity index (χ4v) is 2.47. The molecule has 1 unspecified atom stereocenters. The van der Waals surface area contributed by atoms with E-state index in [9.17, 15) is 0 Å². The predicted octanol–water partition coefficient (Wildman–Crippen LogP) is 2.21. The molecule has 2 aliphatic carbocycles. The highest BCUT2D eigenvalue weighted by Crippen LogP contribution is 2.30. The van der Waals surface area contributed by atoms with E-state index >= 15 is 0 Å². The maximum absolute atomic E-state index is 6.09. The first-order valence-electron chi connectivity index (χ1n) is 6.35. The first-order chi connectivity index (χ1) is 7.83. The highest BCUT2D eigenvalue weighted by molar-refractivity contribution is 5.29. The molecular formula is C13H20N2O. The van der Waals surface area contributed by atoms with Crippen LogP contribution in [0, 0.1) is 5.92 Å². The Balaban J connectivity index is 1.61. The second kappa shape index (κ2) is 4.22. The molecule has 0 spiro atoms. The predicted molar refractivity (Wildman–Crippen MR) is 63.0 cm³/mol. The lowest BCUT2D eigenvalue weighted by atomic mass is 9.92. The van der Waals surface area contributed by atoms with E-state index in [0.717, 1.165) is 18.9 Å². The molecule has 1 aromatic heterocycles. The Kier molecular flexibility index (Phi) is 2.74. The molecule has 1 heterocycles. The van der Waals surface area contributed by atoms with Crippen molar-refractivity contribution in [2.24, 2.45) is 11.7 Å². The molecule has 3 rings (SSSR count). The van der Waals surface area contributed by atoms with Crippen LogP contribution in [0.5, 0.6) is 0 Å². The van der Waals surface area contributed by atoms with Gasteiger partial charge in [0.1, 0.15) is 6.73 Å². The fraction of sp³-hybridized carbons (Fsp3) is 0.692. The van der Waals surface area contributed by atoms with Gasteiger partial charge in [0.2, 0.25) is 0 Å².